The van der Waals surface area contributed by atoms with Crippen LogP contribution in [0.2, 0.25) is 5.22 Å². The largest absolute Gasteiger partial charge is 0.448 e. The lowest BCUT2D eigenvalue weighted by Crippen LogP contribution is -2.24. The molecule has 2 aromatic rings. The zero-order valence-electron chi connectivity index (χ0n) is 11.7. The molecule has 0 aliphatic carbocycles. The molecule has 0 saturated carbocycles. The number of rotatable bonds is 7. The molecule has 0 aliphatic rings. The van der Waals surface area contributed by atoms with E-state index in [0.717, 1.165) is 25.3 Å². The van der Waals surface area contributed by atoms with Crippen LogP contribution >= 0.6 is 11.6 Å². The Morgan fingerprint density at radius 2 is 1.85 bits per heavy atom. The number of furan rings is 1. The maximum Gasteiger partial charge on any atom is 0.193 e. The predicted molar refractivity (Wildman–Crippen MR) is 80.7 cm³/mol. The fraction of sp³-hybridized carbons (Fsp3) is 0.375. The van der Waals surface area contributed by atoms with Crippen molar-refractivity contribution in [2.45, 2.75) is 26.4 Å². The van der Waals surface area contributed by atoms with Crippen molar-refractivity contribution in [1.82, 2.24) is 4.90 Å². The maximum atomic E-state index is 9.02. The van der Waals surface area contributed by atoms with Crippen molar-refractivity contribution in [3.63, 3.8) is 0 Å². The van der Waals surface area contributed by atoms with Gasteiger partial charge in [-0.1, -0.05) is 29.8 Å². The second-order valence-corrected chi connectivity index (χ2v) is 5.35. The summed E-state index contributed by atoms with van der Waals surface area (Å²) in [5.74, 6) is 0.847. The lowest BCUT2D eigenvalue weighted by atomic mass is 10.1. The minimum absolute atomic E-state index is 0.198. The highest BCUT2D eigenvalue weighted by atomic mass is 35.5. The van der Waals surface area contributed by atoms with Gasteiger partial charge in [0.25, 0.3) is 0 Å². The van der Waals surface area contributed by atoms with Crippen molar-refractivity contribution in [3.8, 4) is 0 Å². The van der Waals surface area contributed by atoms with Gasteiger partial charge in [-0.3, -0.25) is 4.90 Å². The number of aliphatic hydroxyl groups excluding tert-OH is 1. The van der Waals surface area contributed by atoms with Gasteiger partial charge in [0, 0.05) is 19.7 Å². The van der Waals surface area contributed by atoms with Gasteiger partial charge in [-0.05, 0) is 42.6 Å². The van der Waals surface area contributed by atoms with E-state index in [4.69, 9.17) is 21.1 Å². The van der Waals surface area contributed by atoms with Crippen LogP contribution in [0.1, 0.15) is 23.3 Å². The third kappa shape index (κ3) is 4.67. The molecule has 3 nitrogen and oxygen atoms in total. The van der Waals surface area contributed by atoms with Crippen LogP contribution < -0.4 is 0 Å². The number of nitrogens with zero attached hydrogens (tertiary/aromatic N) is 1. The Balaban J connectivity index is 2.00. The first kappa shape index (κ1) is 15.1. The van der Waals surface area contributed by atoms with Crippen LogP contribution in [0.4, 0.5) is 0 Å². The molecule has 0 saturated heterocycles. The van der Waals surface area contributed by atoms with E-state index in [1.807, 2.05) is 6.07 Å². The Bertz CT molecular complexity index is 522. The van der Waals surface area contributed by atoms with Gasteiger partial charge in [-0.25, -0.2) is 0 Å². The fourth-order valence-electron chi connectivity index (χ4n) is 2.12. The van der Waals surface area contributed by atoms with Gasteiger partial charge in [0.1, 0.15) is 5.76 Å². The molecule has 0 radical (unpaired) electrons. The summed E-state index contributed by atoms with van der Waals surface area (Å²) in [6.45, 7) is 4.63. The molecule has 0 amide bonds. The summed E-state index contributed by atoms with van der Waals surface area (Å²) >= 11 is 5.80. The van der Waals surface area contributed by atoms with Gasteiger partial charge in [0.2, 0.25) is 0 Å². The van der Waals surface area contributed by atoms with Crippen molar-refractivity contribution in [1.29, 1.82) is 0 Å². The standard InChI is InChI=1S/C16H20ClNO2/c1-13-3-5-14(6-4-13)11-18(9-2-10-19)12-15-7-8-16(17)20-15/h3-8,19H,2,9-12H2,1H3. The lowest BCUT2D eigenvalue weighted by molar-refractivity contribution is 0.201. The van der Waals surface area contributed by atoms with Crippen LogP contribution in [0.25, 0.3) is 0 Å². The van der Waals surface area contributed by atoms with Crippen LogP contribution in [0.15, 0.2) is 40.8 Å². The first-order valence-electron chi connectivity index (χ1n) is 6.80. The quantitative estimate of drug-likeness (QED) is 0.847. The van der Waals surface area contributed by atoms with E-state index in [-0.39, 0.29) is 6.61 Å². The molecule has 0 bridgehead atoms. The highest BCUT2D eigenvalue weighted by molar-refractivity contribution is 6.28. The molecule has 0 fully saturated rings. The number of halogens is 1. The first-order valence-corrected chi connectivity index (χ1v) is 7.18. The van der Waals surface area contributed by atoms with Crippen LogP contribution in [0.3, 0.4) is 0 Å². The topological polar surface area (TPSA) is 36.6 Å². The molecular formula is C16H20ClNO2. The Hall–Kier alpha value is -1.29. The summed E-state index contributed by atoms with van der Waals surface area (Å²) < 4.78 is 5.41. The molecule has 4 heteroatoms. The fourth-order valence-corrected chi connectivity index (χ4v) is 2.28. The molecule has 108 valence electrons. The summed E-state index contributed by atoms with van der Waals surface area (Å²) in [5.41, 5.74) is 2.51. The van der Waals surface area contributed by atoms with E-state index in [2.05, 4.69) is 36.1 Å². The maximum absolute atomic E-state index is 9.02. The number of hydrogen-bond donors (Lipinski definition) is 1. The molecule has 0 aliphatic heterocycles. The Kier molecular flexibility index (Phi) is 5.65. The van der Waals surface area contributed by atoms with Crippen LogP contribution in [0.5, 0.6) is 0 Å². The van der Waals surface area contributed by atoms with Crippen LogP contribution in [-0.2, 0) is 13.1 Å². The highest BCUT2D eigenvalue weighted by Crippen LogP contribution is 2.17. The molecule has 1 heterocycles. The smallest absolute Gasteiger partial charge is 0.193 e. The summed E-state index contributed by atoms with van der Waals surface area (Å²) in [6, 6.07) is 12.1. The van der Waals surface area contributed by atoms with Crippen LogP contribution in [-0.4, -0.2) is 23.2 Å². The van der Waals surface area contributed by atoms with E-state index in [1.54, 1.807) is 6.07 Å². The predicted octanol–water partition coefficient (Wildman–Crippen LogP) is 3.63. The minimum Gasteiger partial charge on any atom is -0.448 e. The Morgan fingerprint density at radius 1 is 1.10 bits per heavy atom. The summed E-state index contributed by atoms with van der Waals surface area (Å²) in [7, 11) is 0. The average molecular weight is 294 g/mol. The van der Waals surface area contributed by atoms with Crippen molar-refractivity contribution in [2.75, 3.05) is 13.2 Å². The van der Waals surface area contributed by atoms with Gasteiger partial charge >= 0.3 is 0 Å². The summed E-state index contributed by atoms with van der Waals surface area (Å²) in [5, 5.41) is 9.43. The van der Waals surface area contributed by atoms with E-state index in [1.165, 1.54) is 11.1 Å². The van der Waals surface area contributed by atoms with Crippen molar-refractivity contribution < 1.29 is 9.52 Å². The van der Waals surface area contributed by atoms with Gasteiger partial charge < -0.3 is 9.52 Å². The molecule has 20 heavy (non-hydrogen) atoms. The highest BCUT2D eigenvalue weighted by Gasteiger charge is 2.09. The van der Waals surface area contributed by atoms with Crippen molar-refractivity contribution >= 4 is 11.6 Å². The molecule has 1 aromatic heterocycles. The molecule has 1 N–H and O–H groups in total. The van der Waals surface area contributed by atoms with Gasteiger partial charge in [0.05, 0.1) is 6.54 Å². The number of aliphatic hydroxyl groups is 1. The van der Waals surface area contributed by atoms with Crippen LogP contribution in [0, 0.1) is 6.92 Å². The normalized spacial score (nSPS) is 11.2. The second kappa shape index (κ2) is 7.48. The Labute approximate surface area is 124 Å². The van der Waals surface area contributed by atoms with Gasteiger partial charge in [-0.2, -0.15) is 0 Å². The molecule has 0 unspecified atom stereocenters. The average Bonchev–Trinajstić information content (AvgIpc) is 2.84. The van der Waals surface area contributed by atoms with E-state index >= 15 is 0 Å². The van der Waals surface area contributed by atoms with E-state index in [9.17, 15) is 0 Å². The lowest BCUT2D eigenvalue weighted by Gasteiger charge is -2.21. The number of hydrogen-bond acceptors (Lipinski definition) is 3. The zero-order valence-corrected chi connectivity index (χ0v) is 12.4. The van der Waals surface area contributed by atoms with E-state index in [0.29, 0.717) is 11.8 Å². The summed E-state index contributed by atoms with van der Waals surface area (Å²) in [6.07, 6.45) is 0.750. The molecule has 0 atom stereocenters. The van der Waals surface area contributed by atoms with Crippen molar-refractivity contribution in [2.24, 2.45) is 0 Å². The third-order valence-electron chi connectivity index (χ3n) is 3.17. The number of benzene rings is 1. The summed E-state index contributed by atoms with van der Waals surface area (Å²) in [4.78, 5) is 2.25. The molecular weight excluding hydrogens is 274 g/mol. The molecule has 0 spiro atoms. The minimum atomic E-state index is 0.198. The van der Waals surface area contributed by atoms with Gasteiger partial charge in [-0.15, -0.1) is 0 Å². The van der Waals surface area contributed by atoms with Crippen molar-refractivity contribution in [3.05, 3.63) is 58.5 Å². The first-order chi connectivity index (χ1) is 9.67. The monoisotopic (exact) mass is 293 g/mol. The molecule has 2 rings (SSSR count). The third-order valence-corrected chi connectivity index (χ3v) is 3.37. The van der Waals surface area contributed by atoms with Gasteiger partial charge in [0.15, 0.2) is 5.22 Å². The molecule has 1 aromatic carbocycles. The van der Waals surface area contributed by atoms with E-state index < -0.39 is 0 Å². The Morgan fingerprint density at radius 3 is 2.45 bits per heavy atom. The SMILES string of the molecule is Cc1ccc(CN(CCCO)Cc2ccc(Cl)o2)cc1. The second-order valence-electron chi connectivity index (χ2n) is 4.98. The number of aryl methyl sites for hydroxylation is 1. The zero-order chi connectivity index (χ0) is 14.4.